The van der Waals surface area contributed by atoms with Gasteiger partial charge in [0.05, 0.1) is 5.69 Å². The maximum Gasteiger partial charge on any atom is 0.191 e. The second kappa shape index (κ2) is 4.71. The molecule has 1 aliphatic rings. The van der Waals surface area contributed by atoms with Gasteiger partial charge in [-0.25, -0.2) is 5.06 Å². The summed E-state index contributed by atoms with van der Waals surface area (Å²) in [6.45, 7) is 0. The van der Waals surface area contributed by atoms with E-state index in [1.807, 2.05) is 42.5 Å². The molecule has 3 heteroatoms. The van der Waals surface area contributed by atoms with Crippen LogP contribution in [0.15, 0.2) is 66.4 Å². The van der Waals surface area contributed by atoms with Gasteiger partial charge >= 0.3 is 0 Å². The van der Waals surface area contributed by atoms with Gasteiger partial charge in [-0.3, -0.25) is 10.0 Å². The number of hydrogen-bond acceptors (Lipinski definition) is 3. The van der Waals surface area contributed by atoms with Crippen LogP contribution in [-0.4, -0.2) is 11.0 Å². The minimum absolute atomic E-state index is 0.00872. The number of anilines is 1. The highest BCUT2D eigenvalue weighted by Gasteiger charge is 2.24. The van der Waals surface area contributed by atoms with Gasteiger partial charge in [0, 0.05) is 23.8 Å². The highest BCUT2D eigenvalue weighted by atomic mass is 16.5. The van der Waals surface area contributed by atoms with E-state index in [4.69, 9.17) is 0 Å². The van der Waals surface area contributed by atoms with Gasteiger partial charge in [-0.05, 0) is 17.7 Å². The molecule has 0 saturated carbocycles. The number of rotatable bonds is 2. The molecule has 0 unspecified atom stereocenters. The average Bonchev–Trinajstić information content (AvgIpc) is 2.77. The molecule has 0 saturated heterocycles. The lowest BCUT2D eigenvalue weighted by atomic mass is 10.1. The van der Waals surface area contributed by atoms with Gasteiger partial charge < -0.3 is 0 Å². The van der Waals surface area contributed by atoms with Gasteiger partial charge in [0.1, 0.15) is 0 Å². The third-order valence-electron chi connectivity index (χ3n) is 3.23. The lowest BCUT2D eigenvalue weighted by Gasteiger charge is -2.12. The van der Waals surface area contributed by atoms with Crippen LogP contribution in [0.3, 0.4) is 0 Å². The summed E-state index contributed by atoms with van der Waals surface area (Å²) < 4.78 is 0. The summed E-state index contributed by atoms with van der Waals surface area (Å²) in [6, 6.07) is 16.6. The highest BCUT2D eigenvalue weighted by molar-refractivity contribution is 6.13. The van der Waals surface area contributed by atoms with Gasteiger partial charge in [0.15, 0.2) is 5.78 Å². The third-order valence-corrected chi connectivity index (χ3v) is 3.23. The predicted molar refractivity (Wildman–Crippen MR) is 73.3 cm³/mol. The molecule has 1 aliphatic carbocycles. The lowest BCUT2D eigenvalue weighted by molar-refractivity contribution is 0.103. The normalized spacial score (nSPS) is 15.6. The van der Waals surface area contributed by atoms with Gasteiger partial charge in [-0.2, -0.15) is 0 Å². The largest absolute Gasteiger partial charge is 0.289 e. The molecule has 3 rings (SSSR count). The Bertz CT molecular complexity index is 647. The minimum Gasteiger partial charge on any atom is -0.289 e. The molecule has 0 spiro atoms. The molecule has 0 aliphatic heterocycles. The standard InChI is InChI=1S/C16H13NO2/c18-16-13(10-12-6-4-5-9-15(12)16)11-17(19)14-7-2-1-3-8-14/h1-9,11,19H,10H2/b13-11-. The number of para-hydroxylation sites is 1. The Kier molecular flexibility index (Phi) is 2.89. The van der Waals surface area contributed by atoms with Crippen LogP contribution >= 0.6 is 0 Å². The van der Waals surface area contributed by atoms with Crippen molar-refractivity contribution in [1.29, 1.82) is 0 Å². The Balaban J connectivity index is 1.89. The quantitative estimate of drug-likeness (QED) is 0.658. The van der Waals surface area contributed by atoms with Crippen LogP contribution in [-0.2, 0) is 6.42 Å². The molecule has 1 N–H and O–H groups in total. The van der Waals surface area contributed by atoms with Crippen molar-refractivity contribution in [2.45, 2.75) is 6.42 Å². The maximum atomic E-state index is 12.2. The van der Waals surface area contributed by atoms with E-state index in [1.54, 1.807) is 12.1 Å². The minimum atomic E-state index is -0.00872. The van der Waals surface area contributed by atoms with Gasteiger partial charge in [0.25, 0.3) is 0 Å². The van der Waals surface area contributed by atoms with Crippen molar-refractivity contribution in [2.24, 2.45) is 0 Å². The monoisotopic (exact) mass is 251 g/mol. The van der Waals surface area contributed by atoms with Crippen molar-refractivity contribution >= 4 is 11.5 Å². The molecule has 0 bridgehead atoms. The number of nitrogens with zero attached hydrogens (tertiary/aromatic N) is 1. The summed E-state index contributed by atoms with van der Waals surface area (Å²) in [7, 11) is 0. The van der Waals surface area contributed by atoms with Crippen molar-refractivity contribution in [1.82, 2.24) is 0 Å². The van der Waals surface area contributed by atoms with E-state index in [-0.39, 0.29) is 5.78 Å². The van der Waals surface area contributed by atoms with E-state index in [0.29, 0.717) is 17.7 Å². The van der Waals surface area contributed by atoms with Crippen LogP contribution in [0.2, 0.25) is 0 Å². The second-order valence-corrected chi connectivity index (χ2v) is 4.50. The molecule has 0 fully saturated rings. The first-order valence-corrected chi connectivity index (χ1v) is 6.12. The number of benzene rings is 2. The predicted octanol–water partition coefficient (Wildman–Crippen LogP) is 3.21. The Morgan fingerprint density at radius 3 is 2.42 bits per heavy atom. The zero-order valence-electron chi connectivity index (χ0n) is 10.3. The number of Topliss-reactive ketones (excluding diaryl/α,β-unsaturated/α-hetero) is 1. The van der Waals surface area contributed by atoms with Crippen molar-refractivity contribution in [3.05, 3.63) is 77.5 Å². The Labute approximate surface area is 111 Å². The number of fused-ring (bicyclic) bond motifs is 1. The molecule has 2 aromatic carbocycles. The second-order valence-electron chi connectivity index (χ2n) is 4.50. The maximum absolute atomic E-state index is 12.2. The van der Waals surface area contributed by atoms with Crippen molar-refractivity contribution < 1.29 is 10.0 Å². The molecule has 2 aromatic rings. The molecule has 94 valence electrons. The van der Waals surface area contributed by atoms with Crippen molar-refractivity contribution in [3.8, 4) is 0 Å². The van der Waals surface area contributed by atoms with Crippen LogP contribution in [0.25, 0.3) is 0 Å². The van der Waals surface area contributed by atoms with Gasteiger partial charge in [0.2, 0.25) is 0 Å². The first-order chi connectivity index (χ1) is 9.25. The first kappa shape index (κ1) is 11.7. The summed E-state index contributed by atoms with van der Waals surface area (Å²) in [4.78, 5) is 12.2. The molecule has 0 heterocycles. The van der Waals surface area contributed by atoms with Crippen LogP contribution in [0, 0.1) is 0 Å². The molecule has 0 radical (unpaired) electrons. The number of allylic oxidation sites excluding steroid dienone is 1. The van der Waals surface area contributed by atoms with Crippen molar-refractivity contribution in [3.63, 3.8) is 0 Å². The third kappa shape index (κ3) is 2.16. The fourth-order valence-corrected chi connectivity index (χ4v) is 2.26. The van der Waals surface area contributed by atoms with E-state index < -0.39 is 0 Å². The van der Waals surface area contributed by atoms with Crippen LogP contribution in [0.5, 0.6) is 0 Å². The first-order valence-electron chi connectivity index (χ1n) is 6.12. The summed E-state index contributed by atoms with van der Waals surface area (Å²) >= 11 is 0. The molecule has 19 heavy (non-hydrogen) atoms. The van der Waals surface area contributed by atoms with E-state index >= 15 is 0 Å². The lowest BCUT2D eigenvalue weighted by Crippen LogP contribution is -2.12. The summed E-state index contributed by atoms with van der Waals surface area (Å²) in [5.41, 5.74) is 2.99. The van der Waals surface area contributed by atoms with Crippen LogP contribution in [0.1, 0.15) is 15.9 Å². The summed E-state index contributed by atoms with van der Waals surface area (Å²) in [6.07, 6.45) is 2.07. The number of hydroxylamine groups is 1. The van der Waals surface area contributed by atoms with E-state index in [9.17, 15) is 10.0 Å². The number of ketones is 1. The summed E-state index contributed by atoms with van der Waals surface area (Å²) in [5, 5.41) is 11.0. The number of hydrogen-bond donors (Lipinski definition) is 1. The molecular formula is C16H13NO2. The fourth-order valence-electron chi connectivity index (χ4n) is 2.26. The van der Waals surface area contributed by atoms with E-state index in [2.05, 4.69) is 0 Å². The average molecular weight is 251 g/mol. The SMILES string of the molecule is O=C1/C(=C\N(O)c2ccccc2)Cc2ccccc21. The van der Waals surface area contributed by atoms with Crippen LogP contribution < -0.4 is 5.06 Å². The Morgan fingerprint density at radius 2 is 1.68 bits per heavy atom. The molecular weight excluding hydrogens is 238 g/mol. The van der Waals surface area contributed by atoms with Gasteiger partial charge in [-0.15, -0.1) is 0 Å². The molecule has 0 aromatic heterocycles. The molecule has 0 amide bonds. The van der Waals surface area contributed by atoms with Crippen molar-refractivity contribution in [2.75, 3.05) is 5.06 Å². The number of carbonyl (C=O) groups is 1. The van der Waals surface area contributed by atoms with E-state index in [0.717, 1.165) is 16.2 Å². The highest BCUT2D eigenvalue weighted by Crippen LogP contribution is 2.26. The molecule has 0 atom stereocenters. The van der Waals surface area contributed by atoms with Gasteiger partial charge in [-0.1, -0.05) is 42.5 Å². The molecule has 3 nitrogen and oxygen atoms in total. The Hall–Kier alpha value is -2.39. The summed E-state index contributed by atoms with van der Waals surface area (Å²) in [5.74, 6) is -0.00872. The Morgan fingerprint density at radius 1 is 1.00 bits per heavy atom. The smallest absolute Gasteiger partial charge is 0.191 e. The van der Waals surface area contributed by atoms with E-state index in [1.165, 1.54) is 6.20 Å². The topological polar surface area (TPSA) is 40.5 Å². The fraction of sp³-hybridized carbons (Fsp3) is 0.0625. The zero-order chi connectivity index (χ0) is 13.2. The zero-order valence-corrected chi connectivity index (χ0v) is 10.3. The number of carbonyl (C=O) groups excluding carboxylic acids is 1. The van der Waals surface area contributed by atoms with Crippen LogP contribution in [0.4, 0.5) is 5.69 Å².